The topological polar surface area (TPSA) is 86.0 Å². The molecule has 0 fully saturated rings. The highest BCUT2D eigenvalue weighted by Gasteiger charge is 2.10. The molecule has 1 amide bonds. The van der Waals surface area contributed by atoms with Gasteiger partial charge < -0.3 is 13.9 Å². The zero-order valence-corrected chi connectivity index (χ0v) is 18.5. The van der Waals surface area contributed by atoms with Crippen LogP contribution in [0.15, 0.2) is 73.5 Å². The Bertz CT molecular complexity index is 1230. The summed E-state index contributed by atoms with van der Waals surface area (Å²) in [6, 6.07) is 16.3. The minimum Gasteiger partial charge on any atom is -0.497 e. The average Bonchev–Trinajstić information content (AvgIpc) is 3.40. The average molecular weight is 454 g/mol. The summed E-state index contributed by atoms with van der Waals surface area (Å²) in [5, 5.41) is 4.65. The maximum atomic E-state index is 12.2. The molecule has 0 bridgehead atoms. The zero-order valence-electron chi connectivity index (χ0n) is 16.8. The van der Waals surface area contributed by atoms with Gasteiger partial charge in [0, 0.05) is 5.56 Å². The van der Waals surface area contributed by atoms with Crippen molar-refractivity contribution in [2.75, 3.05) is 13.7 Å². The fourth-order valence-corrected chi connectivity index (χ4v) is 4.71. The summed E-state index contributed by atoms with van der Waals surface area (Å²) in [5.74, 6) is 1.63. The van der Waals surface area contributed by atoms with E-state index in [-0.39, 0.29) is 5.91 Å². The minimum absolute atomic E-state index is 0.336. The lowest BCUT2D eigenvalue weighted by molar-refractivity contribution is 0.0954. The van der Waals surface area contributed by atoms with E-state index in [4.69, 9.17) is 13.9 Å². The van der Waals surface area contributed by atoms with Gasteiger partial charge in [0.15, 0.2) is 9.43 Å². The SMILES string of the molecule is CCOc1ccc2nc(Sc3ccc(C=NNC(=O)c4cccc(OC)c4)o3)sc2c1. The first-order valence-electron chi connectivity index (χ1n) is 9.43. The molecule has 0 saturated carbocycles. The molecule has 0 aliphatic carbocycles. The number of hydrogen-bond donors (Lipinski definition) is 1. The number of hydrazone groups is 1. The van der Waals surface area contributed by atoms with Crippen molar-refractivity contribution in [3.05, 3.63) is 65.9 Å². The number of rotatable bonds is 8. The second-order valence-electron chi connectivity index (χ2n) is 6.23. The molecule has 2 aromatic carbocycles. The monoisotopic (exact) mass is 453 g/mol. The van der Waals surface area contributed by atoms with Crippen molar-refractivity contribution in [3.63, 3.8) is 0 Å². The van der Waals surface area contributed by atoms with Gasteiger partial charge in [0.2, 0.25) is 0 Å². The minimum atomic E-state index is -0.336. The molecule has 0 unspecified atom stereocenters. The van der Waals surface area contributed by atoms with E-state index in [1.807, 2.05) is 31.2 Å². The molecule has 0 aliphatic rings. The first kappa shape index (κ1) is 21.0. The number of hydrogen-bond acceptors (Lipinski definition) is 8. The van der Waals surface area contributed by atoms with E-state index in [2.05, 4.69) is 15.5 Å². The third-order valence-electron chi connectivity index (χ3n) is 4.13. The van der Waals surface area contributed by atoms with Gasteiger partial charge in [-0.1, -0.05) is 6.07 Å². The summed E-state index contributed by atoms with van der Waals surface area (Å²) in [5.41, 5.74) is 3.85. The third kappa shape index (κ3) is 5.25. The molecule has 4 aromatic rings. The Kier molecular flexibility index (Phi) is 6.54. The van der Waals surface area contributed by atoms with Crippen LogP contribution in [0.3, 0.4) is 0 Å². The quantitative estimate of drug-likeness (QED) is 0.291. The van der Waals surface area contributed by atoms with E-state index in [9.17, 15) is 4.79 Å². The number of ether oxygens (including phenoxy) is 2. The summed E-state index contributed by atoms with van der Waals surface area (Å²) in [6.45, 7) is 2.59. The van der Waals surface area contributed by atoms with Crippen molar-refractivity contribution in [2.45, 2.75) is 16.4 Å². The largest absolute Gasteiger partial charge is 0.497 e. The molecule has 0 aliphatic heterocycles. The Hall–Kier alpha value is -3.30. The van der Waals surface area contributed by atoms with Crippen molar-refractivity contribution in [2.24, 2.45) is 5.10 Å². The van der Waals surface area contributed by atoms with E-state index in [0.29, 0.717) is 28.8 Å². The molecule has 0 spiro atoms. The van der Waals surface area contributed by atoms with Crippen molar-refractivity contribution >= 4 is 45.4 Å². The number of aromatic nitrogens is 1. The van der Waals surface area contributed by atoms with Crippen LogP contribution in [0.4, 0.5) is 0 Å². The highest BCUT2D eigenvalue weighted by molar-refractivity contribution is 8.01. The number of furan rings is 1. The number of nitrogens with zero attached hydrogens (tertiary/aromatic N) is 2. The molecular formula is C22H19N3O4S2. The molecule has 0 radical (unpaired) electrons. The van der Waals surface area contributed by atoms with Gasteiger partial charge in [-0.25, -0.2) is 10.4 Å². The predicted molar refractivity (Wildman–Crippen MR) is 122 cm³/mol. The van der Waals surface area contributed by atoms with Gasteiger partial charge in [-0.15, -0.1) is 11.3 Å². The first-order chi connectivity index (χ1) is 15.1. The summed E-state index contributed by atoms with van der Waals surface area (Å²) < 4.78 is 18.3. The summed E-state index contributed by atoms with van der Waals surface area (Å²) >= 11 is 3.01. The highest BCUT2D eigenvalue weighted by atomic mass is 32.2. The number of nitrogens with one attached hydrogen (secondary N) is 1. The lowest BCUT2D eigenvalue weighted by Gasteiger charge is -2.02. The van der Waals surface area contributed by atoms with Crippen LogP contribution < -0.4 is 14.9 Å². The fraction of sp³-hybridized carbons (Fsp3) is 0.136. The van der Waals surface area contributed by atoms with E-state index in [1.54, 1.807) is 48.8 Å². The molecule has 4 rings (SSSR count). The van der Waals surface area contributed by atoms with Crippen molar-refractivity contribution in [1.29, 1.82) is 0 Å². The lowest BCUT2D eigenvalue weighted by atomic mass is 10.2. The Morgan fingerprint density at radius 1 is 1.23 bits per heavy atom. The maximum Gasteiger partial charge on any atom is 0.271 e. The Morgan fingerprint density at radius 2 is 2.13 bits per heavy atom. The molecule has 0 atom stereocenters. The highest BCUT2D eigenvalue weighted by Crippen LogP contribution is 2.36. The Labute approximate surface area is 187 Å². The first-order valence-corrected chi connectivity index (χ1v) is 11.1. The molecule has 7 nitrogen and oxygen atoms in total. The van der Waals surface area contributed by atoms with E-state index < -0.39 is 0 Å². The van der Waals surface area contributed by atoms with E-state index >= 15 is 0 Å². The third-order valence-corrected chi connectivity index (χ3v) is 6.13. The number of carbonyl (C=O) groups excluding carboxylic acids is 1. The van der Waals surface area contributed by atoms with Crippen molar-refractivity contribution in [1.82, 2.24) is 10.4 Å². The van der Waals surface area contributed by atoms with Crippen molar-refractivity contribution < 1.29 is 18.7 Å². The molecule has 9 heteroatoms. The van der Waals surface area contributed by atoms with Crippen LogP contribution in [0.2, 0.25) is 0 Å². The van der Waals surface area contributed by atoms with Crippen LogP contribution in [0.5, 0.6) is 11.5 Å². The summed E-state index contributed by atoms with van der Waals surface area (Å²) in [6.07, 6.45) is 1.45. The van der Waals surface area contributed by atoms with Crippen LogP contribution in [0.1, 0.15) is 23.0 Å². The number of carbonyl (C=O) groups is 1. The second-order valence-corrected chi connectivity index (χ2v) is 8.51. The van der Waals surface area contributed by atoms with Crippen LogP contribution in [0.25, 0.3) is 10.2 Å². The zero-order chi connectivity index (χ0) is 21.6. The number of benzene rings is 2. The van der Waals surface area contributed by atoms with Crippen LogP contribution in [-0.2, 0) is 0 Å². The van der Waals surface area contributed by atoms with Gasteiger partial charge in [-0.05, 0) is 67.2 Å². The van der Waals surface area contributed by atoms with Gasteiger partial charge in [0.1, 0.15) is 17.3 Å². The van der Waals surface area contributed by atoms with E-state index in [1.165, 1.54) is 18.0 Å². The van der Waals surface area contributed by atoms with Gasteiger partial charge in [0.05, 0.1) is 30.1 Å². The van der Waals surface area contributed by atoms with Crippen LogP contribution in [-0.4, -0.2) is 30.8 Å². The molecule has 31 heavy (non-hydrogen) atoms. The lowest BCUT2D eigenvalue weighted by Crippen LogP contribution is -2.17. The van der Waals surface area contributed by atoms with Crippen LogP contribution >= 0.6 is 23.1 Å². The molecule has 1 N–H and O–H groups in total. The molecule has 0 saturated heterocycles. The smallest absolute Gasteiger partial charge is 0.271 e. The standard InChI is InChI=1S/C22H19N3O4S2/c1-3-28-16-7-9-18-19(12-16)30-22(24-18)31-20-10-8-17(29-20)13-23-25-21(26)14-5-4-6-15(11-14)27-2/h4-13H,3H2,1-2H3,(H,25,26). The molecule has 158 valence electrons. The van der Waals surface area contributed by atoms with Crippen molar-refractivity contribution in [3.8, 4) is 11.5 Å². The van der Waals surface area contributed by atoms with Gasteiger partial charge >= 0.3 is 0 Å². The van der Waals surface area contributed by atoms with E-state index in [0.717, 1.165) is 20.3 Å². The Morgan fingerprint density at radius 3 is 2.97 bits per heavy atom. The predicted octanol–water partition coefficient (Wildman–Crippen LogP) is 5.21. The summed E-state index contributed by atoms with van der Waals surface area (Å²) in [7, 11) is 1.55. The fourth-order valence-electron chi connectivity index (χ4n) is 2.71. The number of thiazole rings is 1. The number of amides is 1. The van der Waals surface area contributed by atoms with Gasteiger partial charge in [0.25, 0.3) is 5.91 Å². The Balaban J connectivity index is 1.37. The summed E-state index contributed by atoms with van der Waals surface area (Å²) in [4.78, 5) is 16.8. The second kappa shape index (κ2) is 9.67. The molecular weight excluding hydrogens is 434 g/mol. The number of fused-ring (bicyclic) bond motifs is 1. The van der Waals surface area contributed by atoms with Gasteiger partial charge in [-0.2, -0.15) is 5.10 Å². The molecule has 2 aromatic heterocycles. The van der Waals surface area contributed by atoms with Crippen LogP contribution in [0, 0.1) is 0 Å². The van der Waals surface area contributed by atoms with Gasteiger partial charge in [-0.3, -0.25) is 4.79 Å². The number of methoxy groups -OCH3 is 1. The normalized spacial score (nSPS) is 11.2. The maximum absolute atomic E-state index is 12.2. The molecule has 2 heterocycles.